The molecule has 9 heteroatoms. The molecular weight excluding hydrogens is 512 g/mol. The molecule has 1 fully saturated rings. The van der Waals surface area contributed by atoms with Crippen molar-refractivity contribution < 1.29 is 32.2 Å². The third kappa shape index (κ3) is 7.23. The third-order valence-corrected chi connectivity index (χ3v) is 7.27. The zero-order valence-corrected chi connectivity index (χ0v) is 21.6. The fourth-order valence-electron chi connectivity index (χ4n) is 4.86. The maximum atomic E-state index is 15.6. The largest absolute Gasteiger partial charge is 0.497 e. The summed E-state index contributed by atoms with van der Waals surface area (Å²) in [6.45, 7) is 0.618. The maximum Gasteiger partial charge on any atom is 0.416 e. The first kappa shape index (κ1) is 28.7. The second kappa shape index (κ2) is 12.3. The Labute approximate surface area is 225 Å². The van der Waals surface area contributed by atoms with Crippen LogP contribution in [0.4, 0.5) is 17.6 Å². The molecule has 2 unspecified atom stereocenters. The van der Waals surface area contributed by atoms with Crippen molar-refractivity contribution in [1.82, 2.24) is 10.2 Å². The van der Waals surface area contributed by atoms with E-state index >= 15 is 4.39 Å². The van der Waals surface area contributed by atoms with Gasteiger partial charge in [-0.2, -0.15) is 13.2 Å². The summed E-state index contributed by atoms with van der Waals surface area (Å²) in [6.07, 6.45) is -5.98. The minimum atomic E-state index is -4.52. The number of piperidine rings is 1. The highest BCUT2D eigenvalue weighted by Crippen LogP contribution is 2.37. The van der Waals surface area contributed by atoms with Gasteiger partial charge in [0.05, 0.1) is 24.3 Å². The van der Waals surface area contributed by atoms with Gasteiger partial charge < -0.3 is 15.2 Å². The standard InChI is InChI=1S/C30H32F4N2O3/c1-39-25-12-10-21(11-13-25)20-35-26(28(37)22-6-3-2-4-7-22)19-27(31)36-16-14-29(38,15-17-36)23-8-5-9-24(18-23)30(32,33)34/h2-13,18,26-27,35,38H,14-17,19-20H2,1H3. The number of benzene rings is 3. The van der Waals surface area contributed by atoms with Crippen molar-refractivity contribution in [2.45, 2.75) is 49.9 Å². The summed E-state index contributed by atoms with van der Waals surface area (Å²) in [5.74, 6) is 0.471. The van der Waals surface area contributed by atoms with Gasteiger partial charge in [0.2, 0.25) is 0 Å². The van der Waals surface area contributed by atoms with E-state index in [0.29, 0.717) is 17.9 Å². The van der Waals surface area contributed by atoms with E-state index in [9.17, 15) is 23.1 Å². The predicted molar refractivity (Wildman–Crippen MR) is 140 cm³/mol. The van der Waals surface area contributed by atoms with Gasteiger partial charge in [0, 0.05) is 31.6 Å². The number of alkyl halides is 4. The molecule has 1 heterocycles. The highest BCUT2D eigenvalue weighted by Gasteiger charge is 2.39. The lowest BCUT2D eigenvalue weighted by Gasteiger charge is -2.40. The van der Waals surface area contributed by atoms with Crippen LogP contribution in [-0.2, 0) is 18.3 Å². The number of aliphatic hydroxyl groups is 1. The topological polar surface area (TPSA) is 61.8 Å². The van der Waals surface area contributed by atoms with Crippen molar-refractivity contribution in [2.24, 2.45) is 0 Å². The van der Waals surface area contributed by atoms with E-state index in [2.05, 4.69) is 5.32 Å². The zero-order chi connectivity index (χ0) is 28.0. The van der Waals surface area contributed by atoms with E-state index < -0.39 is 29.7 Å². The summed E-state index contributed by atoms with van der Waals surface area (Å²) in [7, 11) is 1.57. The van der Waals surface area contributed by atoms with Gasteiger partial charge in [0.1, 0.15) is 5.75 Å². The van der Waals surface area contributed by atoms with Gasteiger partial charge >= 0.3 is 6.18 Å². The van der Waals surface area contributed by atoms with E-state index in [1.807, 2.05) is 24.3 Å². The Morgan fingerprint density at radius 1 is 1.03 bits per heavy atom. The summed E-state index contributed by atoms with van der Waals surface area (Å²) in [6, 6.07) is 19.9. The average molecular weight is 545 g/mol. The van der Waals surface area contributed by atoms with E-state index in [1.54, 1.807) is 37.4 Å². The van der Waals surface area contributed by atoms with Crippen molar-refractivity contribution in [3.8, 4) is 5.75 Å². The molecule has 1 saturated heterocycles. The van der Waals surface area contributed by atoms with E-state index in [-0.39, 0.29) is 43.7 Å². The first-order valence-electron chi connectivity index (χ1n) is 12.8. The van der Waals surface area contributed by atoms with Crippen molar-refractivity contribution >= 4 is 5.78 Å². The number of carbonyl (C=O) groups is 1. The molecule has 0 aromatic heterocycles. The lowest BCUT2D eigenvalue weighted by molar-refractivity contribution is -0.137. The van der Waals surface area contributed by atoms with Crippen LogP contribution in [0.25, 0.3) is 0 Å². The van der Waals surface area contributed by atoms with Crippen LogP contribution in [0.2, 0.25) is 0 Å². The van der Waals surface area contributed by atoms with Gasteiger partial charge in [0.25, 0.3) is 0 Å². The van der Waals surface area contributed by atoms with Crippen LogP contribution >= 0.6 is 0 Å². The van der Waals surface area contributed by atoms with Crippen LogP contribution in [-0.4, -0.2) is 48.3 Å². The molecule has 2 N–H and O–H groups in total. The Morgan fingerprint density at radius 2 is 1.69 bits per heavy atom. The number of methoxy groups -OCH3 is 1. The molecule has 0 aliphatic carbocycles. The minimum absolute atomic E-state index is 0.0747. The number of ether oxygens (including phenoxy) is 1. The Hall–Kier alpha value is -3.27. The number of hydrogen-bond acceptors (Lipinski definition) is 5. The number of likely N-dealkylation sites (tertiary alicyclic amines) is 1. The molecule has 4 rings (SSSR count). The molecule has 2 atom stereocenters. The fraction of sp³-hybridized carbons (Fsp3) is 0.367. The van der Waals surface area contributed by atoms with Crippen LogP contribution in [0.1, 0.15) is 46.3 Å². The van der Waals surface area contributed by atoms with Gasteiger partial charge in [0.15, 0.2) is 12.1 Å². The number of rotatable bonds is 10. The highest BCUT2D eigenvalue weighted by atomic mass is 19.4. The molecule has 3 aromatic carbocycles. The van der Waals surface area contributed by atoms with Crippen LogP contribution in [0.5, 0.6) is 5.75 Å². The van der Waals surface area contributed by atoms with Gasteiger partial charge in [-0.1, -0.05) is 54.6 Å². The van der Waals surface area contributed by atoms with Crippen molar-refractivity contribution in [1.29, 1.82) is 0 Å². The number of carbonyl (C=O) groups excluding carboxylic acids is 1. The SMILES string of the molecule is COc1ccc(CNC(CC(F)N2CCC(O)(c3cccc(C(F)(F)F)c3)CC2)C(=O)c2ccccc2)cc1. The normalized spacial score (nSPS) is 17.4. The maximum absolute atomic E-state index is 15.6. The zero-order valence-electron chi connectivity index (χ0n) is 21.6. The van der Waals surface area contributed by atoms with Crippen molar-refractivity contribution in [2.75, 3.05) is 20.2 Å². The van der Waals surface area contributed by atoms with Crippen LogP contribution in [0.3, 0.4) is 0 Å². The number of Topliss-reactive ketones (excluding diaryl/α,β-unsaturated/α-hetero) is 1. The van der Waals surface area contributed by atoms with Crippen molar-refractivity contribution in [3.05, 3.63) is 101 Å². The van der Waals surface area contributed by atoms with Crippen LogP contribution < -0.4 is 10.1 Å². The summed E-state index contributed by atoms with van der Waals surface area (Å²) in [5, 5.41) is 14.3. The molecule has 208 valence electrons. The molecule has 1 aliphatic heterocycles. The molecule has 0 radical (unpaired) electrons. The Morgan fingerprint density at radius 3 is 2.31 bits per heavy atom. The van der Waals surface area contributed by atoms with E-state index in [4.69, 9.17) is 4.74 Å². The van der Waals surface area contributed by atoms with Gasteiger partial charge in [-0.25, -0.2) is 4.39 Å². The van der Waals surface area contributed by atoms with Gasteiger partial charge in [-0.15, -0.1) is 0 Å². The van der Waals surface area contributed by atoms with Crippen molar-refractivity contribution in [3.63, 3.8) is 0 Å². The summed E-state index contributed by atoms with van der Waals surface area (Å²) >= 11 is 0. The molecular formula is C30H32F4N2O3. The Bertz CT molecular complexity index is 1230. The molecule has 1 aliphatic rings. The number of halogens is 4. The second-order valence-electron chi connectivity index (χ2n) is 9.83. The molecule has 5 nitrogen and oxygen atoms in total. The van der Waals surface area contributed by atoms with Gasteiger partial charge in [-0.3, -0.25) is 9.69 Å². The minimum Gasteiger partial charge on any atom is -0.497 e. The lowest BCUT2D eigenvalue weighted by atomic mass is 9.83. The average Bonchev–Trinajstić information content (AvgIpc) is 2.95. The van der Waals surface area contributed by atoms with Crippen LogP contribution in [0.15, 0.2) is 78.9 Å². The smallest absolute Gasteiger partial charge is 0.416 e. The summed E-state index contributed by atoms with van der Waals surface area (Å²) in [4.78, 5) is 14.8. The Balaban J connectivity index is 1.42. The first-order chi connectivity index (χ1) is 18.6. The van der Waals surface area contributed by atoms with Gasteiger partial charge in [-0.05, 0) is 48.2 Å². The lowest BCUT2D eigenvalue weighted by Crippen LogP contribution is -2.48. The number of ketones is 1. The predicted octanol–water partition coefficient (Wildman–Crippen LogP) is 5.72. The highest BCUT2D eigenvalue weighted by molar-refractivity contribution is 6.00. The molecule has 0 saturated carbocycles. The van der Waals surface area contributed by atoms with E-state index in [0.717, 1.165) is 17.7 Å². The molecule has 39 heavy (non-hydrogen) atoms. The fourth-order valence-corrected chi connectivity index (χ4v) is 4.86. The quantitative estimate of drug-likeness (QED) is 0.194. The number of nitrogens with one attached hydrogen (secondary N) is 1. The molecule has 3 aromatic rings. The Kier molecular flexibility index (Phi) is 9.04. The molecule has 0 amide bonds. The second-order valence-corrected chi connectivity index (χ2v) is 9.83. The summed E-state index contributed by atoms with van der Waals surface area (Å²) < 4.78 is 60.3. The first-order valence-corrected chi connectivity index (χ1v) is 12.8. The summed E-state index contributed by atoms with van der Waals surface area (Å²) in [5.41, 5.74) is -0.769. The van der Waals surface area contributed by atoms with Crippen LogP contribution in [0, 0.1) is 0 Å². The molecule has 0 bridgehead atoms. The third-order valence-electron chi connectivity index (χ3n) is 7.27. The molecule has 0 spiro atoms. The number of hydrogen-bond donors (Lipinski definition) is 2. The monoisotopic (exact) mass is 544 g/mol. The van der Waals surface area contributed by atoms with E-state index in [1.165, 1.54) is 17.0 Å². The number of nitrogens with zero attached hydrogens (tertiary/aromatic N) is 1.